The van der Waals surface area contributed by atoms with Gasteiger partial charge in [-0.25, -0.2) is 4.39 Å². The summed E-state index contributed by atoms with van der Waals surface area (Å²) in [5.74, 6) is -3.49. The minimum atomic E-state index is -1.43. The topological polar surface area (TPSA) is 72.2 Å². The van der Waals surface area contributed by atoms with Gasteiger partial charge in [0.2, 0.25) is 5.82 Å². The number of hydrogen-bond donors (Lipinski definition) is 1. The zero-order valence-corrected chi connectivity index (χ0v) is 11.6. The summed E-state index contributed by atoms with van der Waals surface area (Å²) in [4.78, 5) is 21.6. The monoisotopic (exact) mass is 298 g/mol. The van der Waals surface area contributed by atoms with Gasteiger partial charge in [0, 0.05) is 12.6 Å². The van der Waals surface area contributed by atoms with Crippen LogP contribution in [-0.2, 0) is 0 Å². The van der Waals surface area contributed by atoms with Crippen LogP contribution in [0.4, 0.5) is 14.5 Å². The van der Waals surface area contributed by atoms with Gasteiger partial charge in [0.25, 0.3) is 5.91 Å². The fraction of sp³-hybridized carbons (Fsp3) is 0.500. The molecule has 0 aliphatic heterocycles. The zero-order chi connectivity index (χ0) is 15.6. The molecule has 1 amide bonds. The molecule has 0 atom stereocenters. The lowest BCUT2D eigenvalue weighted by Gasteiger charge is -2.41. The summed E-state index contributed by atoms with van der Waals surface area (Å²) in [5.41, 5.74) is -1.81. The van der Waals surface area contributed by atoms with E-state index in [-0.39, 0.29) is 5.41 Å². The fourth-order valence-corrected chi connectivity index (χ4v) is 2.58. The summed E-state index contributed by atoms with van der Waals surface area (Å²) in [6.07, 6.45) is 3.86. The van der Waals surface area contributed by atoms with Gasteiger partial charge >= 0.3 is 5.69 Å². The van der Waals surface area contributed by atoms with Crippen molar-refractivity contribution in [3.63, 3.8) is 0 Å². The second kappa shape index (κ2) is 5.75. The van der Waals surface area contributed by atoms with E-state index >= 15 is 0 Å². The molecule has 114 valence electrons. The molecule has 0 spiro atoms. The van der Waals surface area contributed by atoms with Gasteiger partial charge in [-0.3, -0.25) is 14.9 Å². The molecular weight excluding hydrogens is 282 g/mol. The zero-order valence-electron chi connectivity index (χ0n) is 11.6. The molecule has 0 aromatic heterocycles. The van der Waals surface area contributed by atoms with Crippen LogP contribution in [0.1, 0.15) is 43.0 Å². The van der Waals surface area contributed by atoms with Crippen molar-refractivity contribution in [3.8, 4) is 0 Å². The smallest absolute Gasteiger partial charge is 0.305 e. The third-order valence-corrected chi connectivity index (χ3v) is 4.28. The van der Waals surface area contributed by atoms with E-state index in [1.165, 1.54) is 0 Å². The summed E-state index contributed by atoms with van der Waals surface area (Å²) >= 11 is 0. The molecule has 0 saturated heterocycles. The number of nitrogens with one attached hydrogen (secondary N) is 1. The lowest BCUT2D eigenvalue weighted by atomic mass is 9.67. The highest BCUT2D eigenvalue weighted by Gasteiger charge is 2.36. The average molecular weight is 298 g/mol. The highest BCUT2D eigenvalue weighted by Crippen LogP contribution is 2.43. The molecule has 2 rings (SSSR count). The number of nitrogens with zero attached hydrogens (tertiary/aromatic N) is 1. The van der Waals surface area contributed by atoms with Crippen LogP contribution in [0.5, 0.6) is 0 Å². The molecular formula is C14H16F2N2O3. The van der Waals surface area contributed by atoms with E-state index in [0.717, 1.165) is 31.7 Å². The van der Waals surface area contributed by atoms with Gasteiger partial charge in [-0.2, -0.15) is 4.39 Å². The first-order chi connectivity index (χ1) is 9.90. The Labute approximate surface area is 120 Å². The van der Waals surface area contributed by atoms with E-state index in [1.807, 2.05) is 6.92 Å². The third kappa shape index (κ3) is 2.86. The molecule has 0 bridgehead atoms. The Morgan fingerprint density at radius 3 is 2.57 bits per heavy atom. The maximum atomic E-state index is 13.9. The minimum Gasteiger partial charge on any atom is -0.351 e. The van der Waals surface area contributed by atoms with Crippen molar-refractivity contribution in [1.29, 1.82) is 0 Å². The number of benzene rings is 1. The minimum absolute atomic E-state index is 0.0106. The van der Waals surface area contributed by atoms with Gasteiger partial charge in [-0.15, -0.1) is 0 Å². The lowest BCUT2D eigenvalue weighted by Crippen LogP contribution is -2.42. The number of carbonyl (C=O) groups excluding carboxylic acids is 1. The Morgan fingerprint density at radius 2 is 2.10 bits per heavy atom. The number of halogens is 2. The summed E-state index contributed by atoms with van der Waals surface area (Å²) in [6, 6.07) is 1.44. The molecule has 5 nitrogen and oxygen atoms in total. The van der Waals surface area contributed by atoms with Crippen molar-refractivity contribution in [2.75, 3.05) is 6.54 Å². The number of nitro benzene ring substituents is 1. The van der Waals surface area contributed by atoms with Crippen molar-refractivity contribution < 1.29 is 18.5 Å². The van der Waals surface area contributed by atoms with Crippen LogP contribution in [0.15, 0.2) is 12.1 Å². The maximum absolute atomic E-state index is 13.9. The molecule has 1 aliphatic carbocycles. The highest BCUT2D eigenvalue weighted by molar-refractivity contribution is 5.95. The molecule has 0 heterocycles. The Bertz CT molecular complexity index is 580. The second-order valence-electron chi connectivity index (χ2n) is 5.40. The highest BCUT2D eigenvalue weighted by atomic mass is 19.1. The number of nitro groups is 1. The van der Waals surface area contributed by atoms with Crippen LogP contribution >= 0.6 is 0 Å². The predicted molar refractivity (Wildman–Crippen MR) is 71.9 cm³/mol. The first kappa shape index (κ1) is 15.3. The Balaban J connectivity index is 2.19. The molecule has 1 aliphatic rings. The normalized spacial score (nSPS) is 16.1. The number of carbonyl (C=O) groups is 1. The molecule has 0 radical (unpaired) electrons. The van der Waals surface area contributed by atoms with Crippen LogP contribution in [0.3, 0.4) is 0 Å². The van der Waals surface area contributed by atoms with Crippen molar-refractivity contribution in [2.24, 2.45) is 5.41 Å². The number of hydrogen-bond acceptors (Lipinski definition) is 3. The van der Waals surface area contributed by atoms with Crippen LogP contribution in [0, 0.1) is 27.2 Å². The number of rotatable bonds is 5. The number of amides is 1. The SMILES string of the molecule is CCC1(CNC(=O)c2c(F)ccc([N+](=O)[O-])c2F)CCC1. The second-order valence-corrected chi connectivity index (χ2v) is 5.40. The summed E-state index contributed by atoms with van der Waals surface area (Å²) in [7, 11) is 0. The molecule has 1 fully saturated rings. The van der Waals surface area contributed by atoms with Crippen molar-refractivity contribution in [1.82, 2.24) is 5.32 Å². The fourth-order valence-electron chi connectivity index (χ4n) is 2.58. The van der Waals surface area contributed by atoms with Crippen molar-refractivity contribution in [3.05, 3.63) is 39.4 Å². The lowest BCUT2D eigenvalue weighted by molar-refractivity contribution is -0.387. The average Bonchev–Trinajstić information content (AvgIpc) is 2.37. The molecule has 1 aromatic carbocycles. The third-order valence-electron chi connectivity index (χ3n) is 4.28. The van der Waals surface area contributed by atoms with Gasteiger partial charge in [0.1, 0.15) is 11.4 Å². The largest absolute Gasteiger partial charge is 0.351 e. The van der Waals surface area contributed by atoms with Gasteiger partial charge in [0.05, 0.1) is 4.92 Å². The molecule has 7 heteroatoms. The van der Waals surface area contributed by atoms with Gasteiger partial charge in [-0.05, 0) is 30.7 Å². The molecule has 1 aromatic rings. The summed E-state index contributed by atoms with van der Waals surface area (Å²) in [5, 5.41) is 13.1. The van der Waals surface area contributed by atoms with E-state index < -0.39 is 33.7 Å². The maximum Gasteiger partial charge on any atom is 0.305 e. The van der Waals surface area contributed by atoms with Gasteiger partial charge in [0.15, 0.2) is 0 Å². The standard InChI is InChI=1S/C14H16F2N2O3/c1-2-14(6-3-7-14)8-17-13(19)11-9(15)4-5-10(12(11)16)18(20)21/h4-5H,2-3,6-8H2,1H3,(H,17,19). The quantitative estimate of drug-likeness (QED) is 0.670. The van der Waals surface area contributed by atoms with Crippen LogP contribution in [0.25, 0.3) is 0 Å². The van der Waals surface area contributed by atoms with Crippen molar-refractivity contribution in [2.45, 2.75) is 32.6 Å². The van der Waals surface area contributed by atoms with Crippen LogP contribution < -0.4 is 5.32 Å². The molecule has 21 heavy (non-hydrogen) atoms. The molecule has 1 N–H and O–H groups in total. The van der Waals surface area contributed by atoms with E-state index in [1.54, 1.807) is 0 Å². The van der Waals surface area contributed by atoms with Gasteiger partial charge in [-0.1, -0.05) is 13.3 Å². The Morgan fingerprint density at radius 1 is 1.43 bits per heavy atom. The Hall–Kier alpha value is -2.05. The van der Waals surface area contributed by atoms with Crippen molar-refractivity contribution >= 4 is 11.6 Å². The summed E-state index contributed by atoms with van der Waals surface area (Å²) in [6.45, 7) is 2.32. The van der Waals surface area contributed by atoms with E-state index in [0.29, 0.717) is 12.6 Å². The van der Waals surface area contributed by atoms with E-state index in [2.05, 4.69) is 5.32 Å². The molecule has 0 unspecified atom stereocenters. The van der Waals surface area contributed by atoms with E-state index in [4.69, 9.17) is 0 Å². The van der Waals surface area contributed by atoms with E-state index in [9.17, 15) is 23.7 Å². The molecule has 1 saturated carbocycles. The summed E-state index contributed by atoms with van der Waals surface area (Å²) < 4.78 is 27.5. The van der Waals surface area contributed by atoms with Crippen LogP contribution in [0.2, 0.25) is 0 Å². The first-order valence-corrected chi connectivity index (χ1v) is 6.81. The van der Waals surface area contributed by atoms with Gasteiger partial charge < -0.3 is 5.32 Å². The first-order valence-electron chi connectivity index (χ1n) is 6.81. The Kier molecular flexibility index (Phi) is 4.20. The van der Waals surface area contributed by atoms with Crippen LogP contribution in [-0.4, -0.2) is 17.4 Å². The predicted octanol–water partition coefficient (Wildman–Crippen LogP) is 3.18.